The number of hydrogen-bond acceptors (Lipinski definition) is 3. The van der Waals surface area contributed by atoms with E-state index in [2.05, 4.69) is 29.1 Å². The van der Waals surface area contributed by atoms with Gasteiger partial charge in [0.1, 0.15) is 5.66 Å². The second-order valence-corrected chi connectivity index (χ2v) is 7.60. The first kappa shape index (κ1) is 22.6. The first-order valence-corrected chi connectivity index (χ1v) is 10.6. The van der Waals surface area contributed by atoms with Crippen LogP contribution in [-0.4, -0.2) is 29.2 Å². The summed E-state index contributed by atoms with van der Waals surface area (Å²) < 4.78 is 0. The fourth-order valence-electron chi connectivity index (χ4n) is 3.28. The quantitative estimate of drug-likeness (QED) is 0.242. The fourth-order valence-corrected chi connectivity index (χ4v) is 3.28. The Balaban J connectivity index is 1.76. The van der Waals surface area contributed by atoms with Gasteiger partial charge in [0.25, 0.3) is 0 Å². The maximum absolute atomic E-state index is 10.4. The van der Waals surface area contributed by atoms with Gasteiger partial charge in [0.05, 0.1) is 0 Å². The molecule has 0 aromatic carbocycles. The molecule has 148 valence electrons. The Bertz CT molecular complexity index is 443. The van der Waals surface area contributed by atoms with Crippen molar-refractivity contribution in [1.82, 2.24) is 0 Å². The summed E-state index contributed by atoms with van der Waals surface area (Å²) in [5.74, 6) is -0.671. The van der Waals surface area contributed by atoms with Crippen LogP contribution in [0.25, 0.3) is 0 Å². The monoisotopic (exact) mass is 362 g/mol. The Morgan fingerprint density at radius 3 is 1.81 bits per heavy atom. The number of allylic oxidation sites excluding steroid dienone is 2. The molecule has 0 spiro atoms. The number of unbranched alkanes of at least 4 members (excludes halogenated alkanes) is 11. The van der Waals surface area contributed by atoms with E-state index in [1.165, 1.54) is 70.6 Å². The minimum Gasteiger partial charge on any atom is -0.481 e. The minimum atomic E-state index is -0.671. The van der Waals surface area contributed by atoms with Gasteiger partial charge >= 0.3 is 5.97 Å². The topological polar surface area (TPSA) is 62.0 Å². The van der Waals surface area contributed by atoms with Gasteiger partial charge in [-0.3, -0.25) is 14.8 Å². The highest BCUT2D eigenvalue weighted by Gasteiger charge is 2.21. The lowest BCUT2D eigenvalue weighted by Gasteiger charge is -2.16. The van der Waals surface area contributed by atoms with Gasteiger partial charge in [0, 0.05) is 18.9 Å². The highest BCUT2D eigenvalue weighted by molar-refractivity contribution is 6.17. The summed E-state index contributed by atoms with van der Waals surface area (Å²) in [6.07, 6.45) is 25.4. The molecule has 4 nitrogen and oxygen atoms in total. The molecule has 0 fully saturated rings. The molecule has 0 aromatic heterocycles. The zero-order valence-corrected chi connectivity index (χ0v) is 16.7. The largest absolute Gasteiger partial charge is 0.481 e. The molecular weight excluding hydrogens is 324 g/mol. The van der Waals surface area contributed by atoms with Crippen molar-refractivity contribution in [3.05, 3.63) is 12.2 Å². The van der Waals surface area contributed by atoms with Crippen LogP contribution in [0.4, 0.5) is 0 Å². The van der Waals surface area contributed by atoms with Crippen molar-refractivity contribution in [2.45, 2.75) is 109 Å². The molecule has 26 heavy (non-hydrogen) atoms. The third kappa shape index (κ3) is 12.8. The van der Waals surface area contributed by atoms with E-state index in [-0.39, 0.29) is 5.66 Å². The van der Waals surface area contributed by atoms with Gasteiger partial charge in [-0.15, -0.1) is 0 Å². The molecule has 0 aromatic rings. The molecule has 1 aliphatic heterocycles. The van der Waals surface area contributed by atoms with E-state index >= 15 is 0 Å². The van der Waals surface area contributed by atoms with Crippen molar-refractivity contribution in [2.24, 2.45) is 9.98 Å². The van der Waals surface area contributed by atoms with Crippen LogP contribution in [0.15, 0.2) is 22.1 Å². The lowest BCUT2D eigenvalue weighted by atomic mass is 10.0. The van der Waals surface area contributed by atoms with Crippen molar-refractivity contribution in [2.75, 3.05) is 0 Å². The number of rotatable bonds is 17. The van der Waals surface area contributed by atoms with E-state index in [9.17, 15) is 4.79 Å². The summed E-state index contributed by atoms with van der Waals surface area (Å²) >= 11 is 0. The summed E-state index contributed by atoms with van der Waals surface area (Å²) in [4.78, 5) is 19.2. The van der Waals surface area contributed by atoms with Crippen molar-refractivity contribution >= 4 is 18.4 Å². The molecule has 0 radical (unpaired) electrons. The van der Waals surface area contributed by atoms with Crippen molar-refractivity contribution in [3.8, 4) is 0 Å². The Kier molecular flexibility index (Phi) is 12.8. The maximum atomic E-state index is 10.4. The first-order valence-electron chi connectivity index (χ1n) is 10.6. The summed E-state index contributed by atoms with van der Waals surface area (Å²) in [6, 6.07) is 0. The van der Waals surface area contributed by atoms with Crippen molar-refractivity contribution < 1.29 is 9.90 Å². The molecule has 1 heterocycles. The van der Waals surface area contributed by atoms with E-state index in [4.69, 9.17) is 5.11 Å². The number of aliphatic imine (C=N–C) groups is 2. The van der Waals surface area contributed by atoms with E-state index in [0.717, 1.165) is 19.3 Å². The van der Waals surface area contributed by atoms with Crippen LogP contribution in [0.2, 0.25) is 0 Å². The number of carboxylic acids is 1. The molecule has 0 bridgehead atoms. The molecule has 0 saturated carbocycles. The van der Waals surface area contributed by atoms with Crippen molar-refractivity contribution in [1.29, 1.82) is 0 Å². The molecule has 1 aliphatic rings. The average Bonchev–Trinajstić information content (AvgIpc) is 3.04. The van der Waals surface area contributed by atoms with E-state index in [1.807, 2.05) is 12.4 Å². The van der Waals surface area contributed by atoms with Gasteiger partial charge in [-0.1, -0.05) is 57.1 Å². The van der Waals surface area contributed by atoms with Crippen LogP contribution >= 0.6 is 0 Å². The predicted octanol–water partition coefficient (Wildman–Crippen LogP) is 6.35. The first-order chi connectivity index (χ1) is 12.6. The molecule has 1 N–H and O–H groups in total. The SMILES string of the molecule is CC1(CCCCCCCC/C=C\CCCCCCCC(=O)O)N=CC=N1. The van der Waals surface area contributed by atoms with Crippen LogP contribution in [0.1, 0.15) is 103 Å². The molecule has 0 saturated heterocycles. The number of hydrogen-bond donors (Lipinski definition) is 1. The molecular formula is C22H38N2O2. The fraction of sp³-hybridized carbons (Fsp3) is 0.773. The van der Waals surface area contributed by atoms with Crippen molar-refractivity contribution in [3.63, 3.8) is 0 Å². The normalized spacial score (nSPS) is 15.3. The maximum Gasteiger partial charge on any atom is 0.303 e. The summed E-state index contributed by atoms with van der Waals surface area (Å²) in [5, 5.41) is 8.56. The van der Waals surface area contributed by atoms with E-state index in [0.29, 0.717) is 6.42 Å². The third-order valence-corrected chi connectivity index (χ3v) is 4.97. The second kappa shape index (κ2) is 14.7. The molecule has 0 amide bonds. The average molecular weight is 363 g/mol. The molecule has 4 heteroatoms. The van der Waals surface area contributed by atoms with Crippen LogP contribution in [0.3, 0.4) is 0 Å². The molecule has 0 unspecified atom stereocenters. The van der Waals surface area contributed by atoms with Gasteiger partial charge < -0.3 is 5.11 Å². The smallest absolute Gasteiger partial charge is 0.303 e. The van der Waals surface area contributed by atoms with Gasteiger partial charge in [0.15, 0.2) is 0 Å². The molecule has 1 rings (SSSR count). The molecule has 0 aliphatic carbocycles. The summed E-state index contributed by atoms with van der Waals surface area (Å²) in [7, 11) is 0. The Morgan fingerprint density at radius 1 is 0.808 bits per heavy atom. The lowest BCUT2D eigenvalue weighted by molar-refractivity contribution is -0.137. The van der Waals surface area contributed by atoms with E-state index < -0.39 is 5.97 Å². The highest BCUT2D eigenvalue weighted by Crippen LogP contribution is 2.23. The number of carboxylic acid groups (broad SMARTS) is 1. The summed E-state index contributed by atoms with van der Waals surface area (Å²) in [5.41, 5.74) is -0.163. The minimum absolute atomic E-state index is 0.163. The highest BCUT2D eigenvalue weighted by atomic mass is 16.4. The number of nitrogens with zero attached hydrogens (tertiary/aromatic N) is 2. The predicted molar refractivity (Wildman–Crippen MR) is 111 cm³/mol. The van der Waals surface area contributed by atoms with Crippen LogP contribution in [0, 0.1) is 0 Å². The zero-order chi connectivity index (χ0) is 18.9. The Hall–Kier alpha value is -1.45. The number of carbonyl (C=O) groups is 1. The number of aliphatic carboxylic acids is 1. The van der Waals surface area contributed by atoms with Crippen LogP contribution < -0.4 is 0 Å². The third-order valence-electron chi connectivity index (χ3n) is 4.97. The molecule has 0 atom stereocenters. The second-order valence-electron chi connectivity index (χ2n) is 7.60. The standard InChI is InChI=1S/C22H38N2O2/c1-22(23-19-20-24-22)18-16-14-12-10-8-6-4-2-3-5-7-9-11-13-15-17-21(25)26/h2-3,19-20H,4-18H2,1H3,(H,25,26)/b3-2-. The Labute approximate surface area is 159 Å². The van der Waals surface area contributed by atoms with Gasteiger partial charge in [0.2, 0.25) is 0 Å². The van der Waals surface area contributed by atoms with Gasteiger partial charge in [-0.2, -0.15) is 0 Å². The zero-order valence-electron chi connectivity index (χ0n) is 16.7. The lowest BCUT2D eigenvalue weighted by Crippen LogP contribution is -2.15. The summed E-state index contributed by atoms with van der Waals surface area (Å²) in [6.45, 7) is 2.11. The Morgan fingerprint density at radius 2 is 1.27 bits per heavy atom. The van der Waals surface area contributed by atoms with Gasteiger partial charge in [-0.05, 0) is 51.9 Å². The van der Waals surface area contributed by atoms with Crippen LogP contribution in [0.5, 0.6) is 0 Å². The van der Waals surface area contributed by atoms with Crippen LogP contribution in [-0.2, 0) is 4.79 Å². The van der Waals surface area contributed by atoms with Gasteiger partial charge in [-0.25, -0.2) is 0 Å². The van der Waals surface area contributed by atoms with E-state index in [1.54, 1.807) is 0 Å².